The van der Waals surface area contributed by atoms with Crippen LogP contribution >= 0.6 is 11.8 Å². The second kappa shape index (κ2) is 7.14. The average molecular weight is 350 g/mol. The third-order valence-corrected chi connectivity index (χ3v) is 5.21. The molecule has 0 spiro atoms. The van der Waals surface area contributed by atoms with Crippen molar-refractivity contribution in [2.75, 3.05) is 12.5 Å². The normalized spacial score (nSPS) is 12.7. The minimum Gasteiger partial charge on any atom is -0.345 e. The fourth-order valence-corrected chi connectivity index (χ4v) is 3.27. The van der Waals surface area contributed by atoms with E-state index in [1.54, 1.807) is 42.6 Å². The predicted molar refractivity (Wildman–Crippen MR) is 91.5 cm³/mol. The van der Waals surface area contributed by atoms with Crippen LogP contribution in [-0.4, -0.2) is 31.8 Å². The highest BCUT2D eigenvalue weighted by Crippen LogP contribution is 2.20. The summed E-state index contributed by atoms with van der Waals surface area (Å²) in [6, 6.07) is 9.72. The van der Waals surface area contributed by atoms with Crippen LogP contribution in [0.1, 0.15) is 28.9 Å². The molecular weight excluding hydrogens is 332 g/mol. The molecule has 7 heteroatoms. The van der Waals surface area contributed by atoms with Crippen LogP contribution in [0.3, 0.4) is 0 Å². The number of thioether (sulfide) groups is 1. The van der Waals surface area contributed by atoms with Crippen LogP contribution in [0.4, 0.5) is 0 Å². The highest BCUT2D eigenvalue weighted by molar-refractivity contribution is 7.98. The molecule has 23 heavy (non-hydrogen) atoms. The van der Waals surface area contributed by atoms with Crippen molar-refractivity contribution in [3.8, 4) is 0 Å². The molecule has 2 aromatic rings. The number of nitrogens with one attached hydrogen (secondary N) is 1. The molecule has 0 saturated carbocycles. The minimum absolute atomic E-state index is 0.206. The van der Waals surface area contributed by atoms with Gasteiger partial charge in [0.1, 0.15) is 5.03 Å². The first-order valence-corrected chi connectivity index (χ1v) is 10.0. The van der Waals surface area contributed by atoms with E-state index in [4.69, 9.17) is 0 Å². The Kier molecular flexibility index (Phi) is 5.43. The summed E-state index contributed by atoms with van der Waals surface area (Å²) in [5.41, 5.74) is 1.36. The second-order valence-corrected chi connectivity index (χ2v) is 7.91. The molecule has 0 radical (unpaired) electrons. The summed E-state index contributed by atoms with van der Waals surface area (Å²) in [7, 11) is -3.22. The van der Waals surface area contributed by atoms with Gasteiger partial charge in [-0.25, -0.2) is 13.4 Å². The molecule has 0 bridgehead atoms. The van der Waals surface area contributed by atoms with E-state index >= 15 is 0 Å². The molecule has 2 rings (SSSR count). The topological polar surface area (TPSA) is 76.1 Å². The van der Waals surface area contributed by atoms with Crippen molar-refractivity contribution in [2.24, 2.45) is 0 Å². The van der Waals surface area contributed by atoms with Gasteiger partial charge in [-0.05, 0) is 43.0 Å². The van der Waals surface area contributed by atoms with Crippen LogP contribution in [0.2, 0.25) is 0 Å². The van der Waals surface area contributed by atoms with Crippen molar-refractivity contribution in [3.63, 3.8) is 0 Å². The molecular formula is C16H18N2O3S2. The number of carbonyl (C=O) groups is 1. The maximum Gasteiger partial charge on any atom is 0.254 e. The highest BCUT2D eigenvalue weighted by atomic mass is 32.2. The molecule has 1 heterocycles. The number of carbonyl (C=O) groups excluding carboxylic acids is 1. The van der Waals surface area contributed by atoms with Crippen LogP contribution in [0.5, 0.6) is 0 Å². The zero-order valence-corrected chi connectivity index (χ0v) is 14.7. The molecule has 1 atom stereocenters. The number of hydrogen-bond donors (Lipinski definition) is 1. The summed E-state index contributed by atoms with van der Waals surface area (Å²) >= 11 is 1.41. The van der Waals surface area contributed by atoms with Gasteiger partial charge in [-0.3, -0.25) is 4.79 Å². The van der Waals surface area contributed by atoms with Gasteiger partial charge in [-0.1, -0.05) is 12.1 Å². The van der Waals surface area contributed by atoms with Gasteiger partial charge in [0.05, 0.1) is 16.5 Å². The van der Waals surface area contributed by atoms with Gasteiger partial charge in [0.25, 0.3) is 5.91 Å². The summed E-state index contributed by atoms with van der Waals surface area (Å²) in [4.78, 5) is 16.8. The fraction of sp³-hybridized carbons (Fsp3) is 0.250. The van der Waals surface area contributed by atoms with Gasteiger partial charge in [-0.15, -0.1) is 11.8 Å². The lowest BCUT2D eigenvalue weighted by molar-refractivity contribution is 0.0936. The van der Waals surface area contributed by atoms with E-state index in [0.29, 0.717) is 10.6 Å². The van der Waals surface area contributed by atoms with Gasteiger partial charge in [0.15, 0.2) is 9.84 Å². The standard InChI is InChI=1S/C16H18N2O3S2/c1-11(12-6-8-13(9-7-12)23(3,20)21)18-15(19)14-5-4-10-17-16(14)22-2/h4-11H,1-3H3,(H,18,19). The molecule has 1 amide bonds. The molecule has 1 aromatic heterocycles. The van der Waals surface area contributed by atoms with E-state index in [0.717, 1.165) is 5.56 Å². The number of pyridine rings is 1. The number of benzene rings is 1. The Bertz CT molecular complexity index is 802. The van der Waals surface area contributed by atoms with Gasteiger partial charge in [0, 0.05) is 12.5 Å². The molecule has 1 unspecified atom stereocenters. The third-order valence-electron chi connectivity index (χ3n) is 3.36. The lowest BCUT2D eigenvalue weighted by atomic mass is 10.1. The molecule has 0 saturated heterocycles. The lowest BCUT2D eigenvalue weighted by Crippen LogP contribution is -2.27. The minimum atomic E-state index is -3.22. The van der Waals surface area contributed by atoms with E-state index < -0.39 is 9.84 Å². The van der Waals surface area contributed by atoms with Gasteiger partial charge in [-0.2, -0.15) is 0 Å². The Hall–Kier alpha value is -1.86. The third kappa shape index (κ3) is 4.33. The number of rotatable bonds is 5. The van der Waals surface area contributed by atoms with Crippen LogP contribution in [0, 0.1) is 0 Å². The predicted octanol–water partition coefficient (Wildman–Crippen LogP) is 2.70. The van der Waals surface area contributed by atoms with Crippen molar-refractivity contribution in [1.82, 2.24) is 10.3 Å². The summed E-state index contributed by atoms with van der Waals surface area (Å²) in [5, 5.41) is 3.57. The largest absolute Gasteiger partial charge is 0.345 e. The maximum absolute atomic E-state index is 12.4. The van der Waals surface area contributed by atoms with Gasteiger partial charge >= 0.3 is 0 Å². The summed E-state index contributed by atoms with van der Waals surface area (Å²) < 4.78 is 22.9. The first-order chi connectivity index (χ1) is 10.8. The fourth-order valence-electron chi connectivity index (χ4n) is 2.09. The van der Waals surface area contributed by atoms with Gasteiger partial charge in [0.2, 0.25) is 0 Å². The lowest BCUT2D eigenvalue weighted by Gasteiger charge is -2.15. The van der Waals surface area contributed by atoms with Crippen LogP contribution < -0.4 is 5.32 Å². The van der Waals surface area contributed by atoms with Crippen molar-refractivity contribution < 1.29 is 13.2 Å². The highest BCUT2D eigenvalue weighted by Gasteiger charge is 2.15. The number of hydrogen-bond acceptors (Lipinski definition) is 5. The summed E-state index contributed by atoms with van der Waals surface area (Å²) in [5.74, 6) is -0.206. The Balaban J connectivity index is 2.15. The maximum atomic E-state index is 12.4. The van der Waals surface area contributed by atoms with Crippen LogP contribution in [0.25, 0.3) is 0 Å². The van der Waals surface area contributed by atoms with E-state index in [1.807, 2.05) is 13.2 Å². The number of sulfone groups is 1. The number of aromatic nitrogens is 1. The van der Waals surface area contributed by atoms with Crippen molar-refractivity contribution >= 4 is 27.5 Å². The summed E-state index contributed by atoms with van der Waals surface area (Å²) in [6.07, 6.45) is 4.68. The van der Waals surface area contributed by atoms with E-state index in [-0.39, 0.29) is 16.8 Å². The number of amides is 1. The molecule has 0 aliphatic carbocycles. The molecule has 122 valence electrons. The quantitative estimate of drug-likeness (QED) is 0.839. The zero-order chi connectivity index (χ0) is 17.0. The molecule has 1 aromatic carbocycles. The Morgan fingerprint density at radius 2 is 1.87 bits per heavy atom. The molecule has 0 aliphatic heterocycles. The number of nitrogens with zero attached hydrogens (tertiary/aromatic N) is 1. The van der Waals surface area contributed by atoms with Crippen molar-refractivity contribution in [2.45, 2.75) is 22.9 Å². The smallest absolute Gasteiger partial charge is 0.254 e. The molecule has 5 nitrogen and oxygen atoms in total. The van der Waals surface area contributed by atoms with E-state index in [2.05, 4.69) is 10.3 Å². The van der Waals surface area contributed by atoms with Crippen LogP contribution in [-0.2, 0) is 9.84 Å². The van der Waals surface area contributed by atoms with Crippen molar-refractivity contribution in [3.05, 3.63) is 53.7 Å². The van der Waals surface area contributed by atoms with Crippen LogP contribution in [0.15, 0.2) is 52.5 Å². The Morgan fingerprint density at radius 3 is 2.43 bits per heavy atom. The first-order valence-electron chi connectivity index (χ1n) is 6.93. The SMILES string of the molecule is CSc1ncccc1C(=O)NC(C)c1ccc(S(C)(=O)=O)cc1. The van der Waals surface area contributed by atoms with E-state index in [9.17, 15) is 13.2 Å². The molecule has 1 N–H and O–H groups in total. The monoisotopic (exact) mass is 350 g/mol. The Labute approximate surface area is 140 Å². The first kappa shape index (κ1) is 17.5. The second-order valence-electron chi connectivity index (χ2n) is 5.10. The molecule has 0 aliphatic rings. The van der Waals surface area contributed by atoms with Gasteiger partial charge < -0.3 is 5.32 Å². The summed E-state index contributed by atoms with van der Waals surface area (Å²) in [6.45, 7) is 1.85. The average Bonchev–Trinajstić information content (AvgIpc) is 2.54. The zero-order valence-electron chi connectivity index (χ0n) is 13.1. The van der Waals surface area contributed by atoms with Crippen molar-refractivity contribution in [1.29, 1.82) is 0 Å². The molecule has 0 fully saturated rings. The van der Waals surface area contributed by atoms with E-state index in [1.165, 1.54) is 18.0 Å². The Morgan fingerprint density at radius 1 is 1.22 bits per heavy atom.